The summed E-state index contributed by atoms with van der Waals surface area (Å²) in [6.45, 7) is 16.8. The Morgan fingerprint density at radius 1 is 0.765 bits per heavy atom. The lowest BCUT2D eigenvalue weighted by Gasteiger charge is -2.26. The Hall–Kier alpha value is -0.820. The van der Waals surface area contributed by atoms with Gasteiger partial charge in [-0.25, -0.2) is 0 Å². The highest BCUT2D eigenvalue weighted by molar-refractivity contribution is 5.49. The van der Waals surface area contributed by atoms with Crippen LogP contribution in [0.4, 0.5) is 0 Å². The summed E-state index contributed by atoms with van der Waals surface area (Å²) in [5.74, 6) is 0. The van der Waals surface area contributed by atoms with Gasteiger partial charge in [0.25, 0.3) is 0 Å². The van der Waals surface area contributed by atoms with Crippen molar-refractivity contribution in [3.05, 3.63) is 33.4 Å². The number of hydrogen-bond donors (Lipinski definition) is 0. The maximum absolute atomic E-state index is 2.41. The lowest BCUT2D eigenvalue weighted by molar-refractivity contribution is 0.264. The second-order valence-electron chi connectivity index (χ2n) is 5.61. The highest BCUT2D eigenvalue weighted by atomic mass is 15.1. The monoisotopic (exact) mass is 233 g/mol. The molecule has 0 aliphatic carbocycles. The van der Waals surface area contributed by atoms with Crippen LogP contribution in [0.15, 0.2) is 0 Å². The minimum absolute atomic E-state index is 0.593. The summed E-state index contributed by atoms with van der Waals surface area (Å²) in [4.78, 5) is 2.41. The fourth-order valence-electron chi connectivity index (χ4n) is 2.25. The first kappa shape index (κ1) is 14.2. The quantitative estimate of drug-likeness (QED) is 0.760. The predicted octanol–water partition coefficient (Wildman–Crippen LogP) is 4.07. The zero-order valence-corrected chi connectivity index (χ0v) is 12.7. The van der Waals surface area contributed by atoms with Crippen molar-refractivity contribution < 1.29 is 0 Å². The molecule has 0 heterocycles. The van der Waals surface area contributed by atoms with Crippen LogP contribution in [-0.2, 0) is 6.54 Å². The van der Waals surface area contributed by atoms with Gasteiger partial charge in [0, 0.05) is 12.6 Å². The van der Waals surface area contributed by atoms with Gasteiger partial charge in [-0.15, -0.1) is 0 Å². The van der Waals surface area contributed by atoms with Crippen molar-refractivity contribution in [2.45, 2.75) is 61.1 Å². The summed E-state index contributed by atoms with van der Waals surface area (Å²) in [5.41, 5.74) is 8.83. The molecule has 1 rings (SSSR count). The van der Waals surface area contributed by atoms with Crippen LogP contribution in [0.5, 0.6) is 0 Å². The Morgan fingerprint density at radius 3 is 1.47 bits per heavy atom. The molecule has 0 spiro atoms. The second-order valence-corrected chi connectivity index (χ2v) is 5.61. The summed E-state index contributed by atoms with van der Waals surface area (Å²) in [6.07, 6.45) is 0. The molecule has 0 N–H and O–H groups in total. The Morgan fingerprint density at radius 2 is 1.12 bits per heavy atom. The van der Waals surface area contributed by atoms with Gasteiger partial charge in [0.15, 0.2) is 0 Å². The topological polar surface area (TPSA) is 3.24 Å². The van der Waals surface area contributed by atoms with Gasteiger partial charge in [-0.1, -0.05) is 0 Å². The van der Waals surface area contributed by atoms with E-state index in [9.17, 15) is 0 Å². The molecule has 0 aliphatic heterocycles. The molecular formula is C16H27N. The minimum Gasteiger partial charge on any atom is -0.300 e. The fraction of sp³-hybridized carbons (Fsp3) is 0.625. The van der Waals surface area contributed by atoms with E-state index in [1.807, 2.05) is 0 Å². The lowest BCUT2D eigenvalue weighted by Crippen LogP contribution is -2.26. The molecule has 1 heteroatoms. The molecule has 17 heavy (non-hydrogen) atoms. The van der Waals surface area contributed by atoms with Gasteiger partial charge in [-0.2, -0.15) is 0 Å². The van der Waals surface area contributed by atoms with Crippen LogP contribution in [-0.4, -0.2) is 18.0 Å². The standard InChI is InChI=1S/C16H27N/c1-10(2)17(8)9-16-14(6)12(4)11(3)13(5)15(16)7/h10H,9H2,1-8H3. The first-order valence-electron chi connectivity index (χ1n) is 6.53. The molecule has 0 aliphatic rings. The van der Waals surface area contributed by atoms with E-state index in [2.05, 4.69) is 60.4 Å². The number of rotatable bonds is 3. The Labute approximate surface area is 107 Å². The van der Waals surface area contributed by atoms with E-state index in [0.29, 0.717) is 6.04 Å². The molecule has 1 aromatic rings. The van der Waals surface area contributed by atoms with Crippen molar-refractivity contribution in [1.82, 2.24) is 4.90 Å². The van der Waals surface area contributed by atoms with Gasteiger partial charge in [0.05, 0.1) is 0 Å². The SMILES string of the molecule is Cc1c(C)c(C)c(CN(C)C(C)C)c(C)c1C. The van der Waals surface area contributed by atoms with Crippen molar-refractivity contribution in [3.8, 4) is 0 Å². The second kappa shape index (κ2) is 5.22. The average Bonchev–Trinajstić information content (AvgIpc) is 2.29. The van der Waals surface area contributed by atoms with Gasteiger partial charge in [-0.05, 0) is 88.9 Å². The van der Waals surface area contributed by atoms with Crippen LogP contribution < -0.4 is 0 Å². The lowest BCUT2D eigenvalue weighted by atomic mass is 9.89. The molecule has 0 atom stereocenters. The molecule has 0 saturated carbocycles. The summed E-state index contributed by atoms with van der Waals surface area (Å²) < 4.78 is 0. The third kappa shape index (κ3) is 2.71. The first-order chi connectivity index (χ1) is 7.77. The third-order valence-corrected chi connectivity index (χ3v) is 4.44. The van der Waals surface area contributed by atoms with Crippen molar-refractivity contribution >= 4 is 0 Å². The molecule has 1 aromatic carbocycles. The van der Waals surface area contributed by atoms with Crippen molar-refractivity contribution in [2.24, 2.45) is 0 Å². The van der Waals surface area contributed by atoms with Crippen LogP contribution >= 0.6 is 0 Å². The largest absolute Gasteiger partial charge is 0.300 e. The van der Waals surface area contributed by atoms with Crippen LogP contribution in [0, 0.1) is 34.6 Å². The van der Waals surface area contributed by atoms with Gasteiger partial charge in [0.1, 0.15) is 0 Å². The highest BCUT2D eigenvalue weighted by Gasteiger charge is 2.14. The maximum atomic E-state index is 2.41. The van der Waals surface area contributed by atoms with Gasteiger partial charge in [-0.3, -0.25) is 4.90 Å². The summed E-state index contributed by atoms with van der Waals surface area (Å²) in [7, 11) is 2.20. The number of nitrogens with zero attached hydrogens (tertiary/aromatic N) is 1. The fourth-order valence-corrected chi connectivity index (χ4v) is 2.25. The van der Waals surface area contributed by atoms with Crippen molar-refractivity contribution in [1.29, 1.82) is 0 Å². The normalized spacial score (nSPS) is 11.6. The zero-order chi connectivity index (χ0) is 13.3. The van der Waals surface area contributed by atoms with Gasteiger partial charge < -0.3 is 0 Å². The number of benzene rings is 1. The highest BCUT2D eigenvalue weighted by Crippen LogP contribution is 2.27. The molecule has 1 nitrogen and oxygen atoms in total. The van der Waals surface area contributed by atoms with Crippen molar-refractivity contribution in [3.63, 3.8) is 0 Å². The number of hydrogen-bond acceptors (Lipinski definition) is 1. The first-order valence-corrected chi connectivity index (χ1v) is 6.53. The molecule has 0 bridgehead atoms. The molecule has 0 radical (unpaired) electrons. The van der Waals surface area contributed by atoms with Crippen molar-refractivity contribution in [2.75, 3.05) is 7.05 Å². The Kier molecular flexibility index (Phi) is 4.37. The van der Waals surface area contributed by atoms with E-state index in [1.54, 1.807) is 0 Å². The molecule has 0 saturated heterocycles. The smallest absolute Gasteiger partial charge is 0.0238 e. The van der Waals surface area contributed by atoms with E-state index in [4.69, 9.17) is 0 Å². The Bertz CT molecular complexity index is 387. The third-order valence-electron chi connectivity index (χ3n) is 4.44. The molecule has 0 amide bonds. The van der Waals surface area contributed by atoms with E-state index < -0.39 is 0 Å². The summed E-state index contributed by atoms with van der Waals surface area (Å²) in [6, 6.07) is 0.593. The van der Waals surface area contributed by atoms with E-state index in [0.717, 1.165) is 6.54 Å². The Balaban J connectivity index is 3.25. The van der Waals surface area contributed by atoms with Crippen LogP contribution in [0.2, 0.25) is 0 Å². The van der Waals surface area contributed by atoms with Crippen LogP contribution in [0.3, 0.4) is 0 Å². The molecule has 0 fully saturated rings. The zero-order valence-electron chi connectivity index (χ0n) is 12.7. The molecule has 96 valence electrons. The molecule has 0 unspecified atom stereocenters. The van der Waals surface area contributed by atoms with Gasteiger partial charge >= 0.3 is 0 Å². The summed E-state index contributed by atoms with van der Waals surface area (Å²) in [5, 5.41) is 0. The van der Waals surface area contributed by atoms with Crippen LogP contribution in [0.1, 0.15) is 47.2 Å². The van der Waals surface area contributed by atoms with Crippen LogP contribution in [0.25, 0.3) is 0 Å². The maximum Gasteiger partial charge on any atom is 0.0238 e. The molecule has 0 aromatic heterocycles. The van der Waals surface area contributed by atoms with E-state index in [1.165, 1.54) is 33.4 Å². The summed E-state index contributed by atoms with van der Waals surface area (Å²) >= 11 is 0. The van der Waals surface area contributed by atoms with E-state index >= 15 is 0 Å². The van der Waals surface area contributed by atoms with E-state index in [-0.39, 0.29) is 0 Å². The minimum atomic E-state index is 0.593. The average molecular weight is 233 g/mol. The molecular weight excluding hydrogens is 206 g/mol. The predicted molar refractivity (Wildman–Crippen MR) is 76.7 cm³/mol. The van der Waals surface area contributed by atoms with Gasteiger partial charge in [0.2, 0.25) is 0 Å².